The van der Waals surface area contributed by atoms with Gasteiger partial charge in [-0.1, -0.05) is 23.5 Å². The summed E-state index contributed by atoms with van der Waals surface area (Å²) in [6.45, 7) is 3.71. The molecule has 0 spiro atoms. The number of benzene rings is 1. The molecule has 31 heavy (non-hydrogen) atoms. The highest BCUT2D eigenvalue weighted by Gasteiger charge is 2.33. The van der Waals surface area contributed by atoms with Gasteiger partial charge >= 0.3 is 5.97 Å². The molecular weight excluding hydrogens is 484 g/mol. The third-order valence-electron chi connectivity index (χ3n) is 4.79. The number of ether oxygens (including phenoxy) is 2. The van der Waals surface area contributed by atoms with Crippen molar-refractivity contribution in [2.75, 3.05) is 13.7 Å². The number of fused-ring (bicyclic) bond motifs is 1. The van der Waals surface area contributed by atoms with E-state index in [2.05, 4.69) is 20.9 Å². The normalized spacial score (nSPS) is 16.1. The summed E-state index contributed by atoms with van der Waals surface area (Å²) >= 11 is 4.51. The van der Waals surface area contributed by atoms with Gasteiger partial charge in [0.15, 0.2) is 9.47 Å². The van der Waals surface area contributed by atoms with Crippen LogP contribution in [0.25, 0.3) is 6.08 Å². The highest BCUT2D eigenvalue weighted by Crippen LogP contribution is 2.32. The average Bonchev–Trinajstić information content (AvgIpc) is 3.30. The van der Waals surface area contributed by atoms with Gasteiger partial charge in [0.25, 0.3) is 5.56 Å². The van der Waals surface area contributed by atoms with Gasteiger partial charge in [-0.05, 0) is 59.6 Å². The van der Waals surface area contributed by atoms with Crippen LogP contribution in [-0.4, -0.2) is 24.3 Å². The van der Waals surface area contributed by atoms with E-state index in [1.165, 1.54) is 15.9 Å². The molecule has 1 aromatic carbocycles. The van der Waals surface area contributed by atoms with E-state index >= 15 is 0 Å². The Balaban J connectivity index is 1.97. The van der Waals surface area contributed by atoms with Crippen molar-refractivity contribution >= 4 is 39.3 Å². The van der Waals surface area contributed by atoms with Crippen molar-refractivity contribution < 1.29 is 18.7 Å². The van der Waals surface area contributed by atoms with Crippen LogP contribution in [0.4, 0.5) is 0 Å². The Bertz CT molecular complexity index is 1360. The van der Waals surface area contributed by atoms with Crippen LogP contribution in [0.1, 0.15) is 31.2 Å². The Morgan fingerprint density at radius 3 is 2.84 bits per heavy atom. The number of furan rings is 1. The van der Waals surface area contributed by atoms with E-state index in [9.17, 15) is 9.59 Å². The van der Waals surface area contributed by atoms with Gasteiger partial charge in [-0.25, -0.2) is 9.79 Å². The van der Waals surface area contributed by atoms with Gasteiger partial charge in [-0.2, -0.15) is 0 Å². The van der Waals surface area contributed by atoms with Gasteiger partial charge in [0.05, 0.1) is 35.6 Å². The first-order chi connectivity index (χ1) is 14.9. The molecule has 0 amide bonds. The van der Waals surface area contributed by atoms with Crippen LogP contribution in [0.15, 0.2) is 66.5 Å². The van der Waals surface area contributed by atoms with Crippen LogP contribution < -0.4 is 19.6 Å². The zero-order chi connectivity index (χ0) is 22.1. The van der Waals surface area contributed by atoms with Gasteiger partial charge in [0.1, 0.15) is 11.5 Å². The SMILES string of the molecule is CCOC(=O)C1=C(C)N=c2s/c(=C\c3ccc(Br)o3)c(=O)n2[C@H]1c1cccc(OC)c1. The maximum atomic E-state index is 13.4. The topological polar surface area (TPSA) is 83.0 Å². The van der Waals surface area contributed by atoms with Crippen molar-refractivity contribution in [2.45, 2.75) is 19.9 Å². The van der Waals surface area contributed by atoms with Crippen LogP contribution in [0.3, 0.4) is 0 Å². The minimum absolute atomic E-state index is 0.220. The lowest BCUT2D eigenvalue weighted by Gasteiger charge is -2.24. The first kappa shape index (κ1) is 21.3. The molecule has 7 nitrogen and oxygen atoms in total. The van der Waals surface area contributed by atoms with Crippen LogP contribution in [0.2, 0.25) is 0 Å². The number of rotatable bonds is 5. The number of esters is 1. The molecule has 0 saturated carbocycles. The molecule has 3 heterocycles. The molecule has 2 aromatic heterocycles. The molecule has 0 saturated heterocycles. The summed E-state index contributed by atoms with van der Waals surface area (Å²) in [5.41, 5.74) is 1.30. The summed E-state index contributed by atoms with van der Waals surface area (Å²) in [7, 11) is 1.57. The first-order valence-corrected chi connectivity index (χ1v) is 11.1. The van der Waals surface area contributed by atoms with Crippen LogP contribution in [0.5, 0.6) is 5.75 Å². The largest absolute Gasteiger partial charge is 0.497 e. The van der Waals surface area contributed by atoms with Crippen molar-refractivity contribution in [3.63, 3.8) is 0 Å². The number of thiazole rings is 1. The Kier molecular flexibility index (Phi) is 5.97. The van der Waals surface area contributed by atoms with E-state index < -0.39 is 12.0 Å². The Hall–Kier alpha value is -2.91. The second kappa shape index (κ2) is 8.68. The third-order valence-corrected chi connectivity index (χ3v) is 6.20. The lowest BCUT2D eigenvalue weighted by Crippen LogP contribution is -2.39. The van der Waals surface area contributed by atoms with Crippen molar-refractivity contribution in [1.29, 1.82) is 0 Å². The number of carbonyl (C=O) groups excluding carboxylic acids is 1. The number of halogens is 1. The monoisotopic (exact) mass is 502 g/mol. The Morgan fingerprint density at radius 2 is 2.16 bits per heavy atom. The standard InChI is InChI=1S/C22H19BrN2O5S/c1-4-29-21(27)18-12(2)24-22-25(19(18)13-6-5-7-14(10-13)28-3)20(26)16(31-22)11-15-8-9-17(23)30-15/h5-11,19H,4H2,1-3H3/b16-11-/t19-/m0/s1. The van der Waals surface area contributed by atoms with E-state index in [-0.39, 0.29) is 12.2 Å². The van der Waals surface area contributed by atoms with Gasteiger partial charge in [0.2, 0.25) is 0 Å². The van der Waals surface area contributed by atoms with Crippen LogP contribution in [0, 0.1) is 0 Å². The molecule has 1 aliphatic rings. The van der Waals surface area contributed by atoms with Gasteiger partial charge in [0, 0.05) is 6.08 Å². The quantitative estimate of drug-likeness (QED) is 0.500. The van der Waals surface area contributed by atoms with Crippen molar-refractivity contribution in [1.82, 2.24) is 4.57 Å². The summed E-state index contributed by atoms with van der Waals surface area (Å²) in [6.07, 6.45) is 1.67. The number of nitrogens with zero attached hydrogens (tertiary/aromatic N) is 2. The Labute approximate surface area is 190 Å². The number of hydrogen-bond acceptors (Lipinski definition) is 7. The molecule has 0 aliphatic carbocycles. The van der Waals surface area contributed by atoms with Crippen LogP contribution >= 0.6 is 27.3 Å². The molecule has 9 heteroatoms. The lowest BCUT2D eigenvalue weighted by atomic mass is 9.95. The number of hydrogen-bond donors (Lipinski definition) is 0. The minimum Gasteiger partial charge on any atom is -0.497 e. The van der Waals surface area contributed by atoms with E-state index in [0.29, 0.717) is 36.8 Å². The first-order valence-electron chi connectivity index (χ1n) is 9.52. The molecular formula is C22H19BrN2O5S. The Morgan fingerprint density at radius 1 is 1.35 bits per heavy atom. The third kappa shape index (κ3) is 4.03. The highest BCUT2D eigenvalue weighted by molar-refractivity contribution is 9.10. The molecule has 3 aromatic rings. The average molecular weight is 503 g/mol. The van der Waals surface area contributed by atoms with Gasteiger partial charge in [-0.3, -0.25) is 9.36 Å². The molecule has 0 bridgehead atoms. The van der Waals surface area contributed by atoms with E-state index in [0.717, 1.165) is 5.56 Å². The summed E-state index contributed by atoms with van der Waals surface area (Å²) in [5.74, 6) is 0.662. The summed E-state index contributed by atoms with van der Waals surface area (Å²) in [6, 6.07) is 10.1. The highest BCUT2D eigenvalue weighted by atomic mass is 79.9. The number of allylic oxidation sites excluding steroid dienone is 1. The predicted molar refractivity (Wildman–Crippen MR) is 120 cm³/mol. The molecule has 4 rings (SSSR count). The zero-order valence-electron chi connectivity index (χ0n) is 17.0. The predicted octanol–water partition coefficient (Wildman–Crippen LogP) is 3.16. The summed E-state index contributed by atoms with van der Waals surface area (Å²) < 4.78 is 18.7. The fourth-order valence-electron chi connectivity index (χ4n) is 3.45. The second-order valence-corrected chi connectivity index (χ2v) is 8.51. The van der Waals surface area contributed by atoms with E-state index in [4.69, 9.17) is 13.9 Å². The summed E-state index contributed by atoms with van der Waals surface area (Å²) in [5, 5.41) is 0. The molecule has 0 N–H and O–H groups in total. The fourth-order valence-corrected chi connectivity index (χ4v) is 4.80. The smallest absolute Gasteiger partial charge is 0.338 e. The van der Waals surface area contributed by atoms with Crippen molar-refractivity contribution in [2.24, 2.45) is 4.99 Å². The molecule has 1 aliphatic heterocycles. The fraction of sp³-hybridized carbons (Fsp3) is 0.227. The number of carbonyl (C=O) groups is 1. The number of aromatic nitrogens is 1. The minimum atomic E-state index is -0.684. The van der Waals surface area contributed by atoms with E-state index in [1.54, 1.807) is 39.2 Å². The zero-order valence-corrected chi connectivity index (χ0v) is 19.5. The molecule has 160 valence electrons. The second-order valence-electron chi connectivity index (χ2n) is 6.72. The van der Waals surface area contributed by atoms with Crippen molar-refractivity contribution in [3.05, 3.63) is 83.3 Å². The van der Waals surface area contributed by atoms with Gasteiger partial charge < -0.3 is 13.9 Å². The van der Waals surface area contributed by atoms with E-state index in [1.807, 2.05) is 24.3 Å². The maximum Gasteiger partial charge on any atom is 0.338 e. The molecule has 1 atom stereocenters. The van der Waals surface area contributed by atoms with Crippen LogP contribution in [-0.2, 0) is 9.53 Å². The van der Waals surface area contributed by atoms with Crippen molar-refractivity contribution in [3.8, 4) is 5.75 Å². The summed E-state index contributed by atoms with van der Waals surface area (Å²) in [4.78, 5) is 31.3. The van der Waals surface area contributed by atoms with Gasteiger partial charge in [-0.15, -0.1) is 0 Å². The maximum absolute atomic E-state index is 13.4. The number of methoxy groups -OCH3 is 1. The lowest BCUT2D eigenvalue weighted by molar-refractivity contribution is -0.139. The molecule has 0 unspecified atom stereocenters. The molecule has 0 fully saturated rings. The molecule has 0 radical (unpaired) electrons.